The van der Waals surface area contributed by atoms with E-state index in [2.05, 4.69) is 33.7 Å². The summed E-state index contributed by atoms with van der Waals surface area (Å²) >= 11 is 6.16. The van der Waals surface area contributed by atoms with E-state index in [1.165, 1.54) is 0 Å². The van der Waals surface area contributed by atoms with Crippen LogP contribution in [0.15, 0.2) is 24.7 Å². The Hall–Kier alpha value is -2.07. The largest absolute Gasteiger partial charge is 0.396 e. The fraction of sp³-hybridized carbons (Fsp3) is 0.524. The highest BCUT2D eigenvalue weighted by molar-refractivity contribution is 6.29. The fourth-order valence-corrected chi connectivity index (χ4v) is 3.85. The first kappa shape index (κ1) is 19.3. The highest BCUT2D eigenvalue weighted by atomic mass is 35.5. The molecule has 0 amide bonds. The number of anilines is 1. The summed E-state index contributed by atoms with van der Waals surface area (Å²) in [7, 11) is 0. The summed E-state index contributed by atoms with van der Waals surface area (Å²) in [5.41, 5.74) is 2.73. The van der Waals surface area contributed by atoms with E-state index in [1.54, 1.807) is 12.4 Å². The number of aliphatic hydroxyl groups is 1. The first-order valence-corrected chi connectivity index (χ1v) is 10.1. The third-order valence-corrected chi connectivity index (χ3v) is 5.97. The van der Waals surface area contributed by atoms with Crippen LogP contribution in [0.1, 0.15) is 43.4 Å². The van der Waals surface area contributed by atoms with Crippen LogP contribution in [0.4, 0.5) is 5.69 Å². The second-order valence-corrected chi connectivity index (χ2v) is 8.34. The molecule has 28 heavy (non-hydrogen) atoms. The van der Waals surface area contributed by atoms with Crippen LogP contribution in [0.3, 0.4) is 0 Å². The van der Waals surface area contributed by atoms with Gasteiger partial charge in [-0.3, -0.25) is 4.68 Å². The van der Waals surface area contributed by atoms with Crippen LogP contribution in [0.2, 0.25) is 5.15 Å². The van der Waals surface area contributed by atoms with E-state index >= 15 is 0 Å². The van der Waals surface area contributed by atoms with Crippen molar-refractivity contribution in [1.29, 1.82) is 0 Å². The Bertz CT molecular complexity index is 887. The van der Waals surface area contributed by atoms with Crippen molar-refractivity contribution in [2.24, 2.45) is 5.41 Å². The maximum Gasteiger partial charge on any atom is 0.131 e. The van der Waals surface area contributed by atoms with Crippen molar-refractivity contribution in [3.63, 3.8) is 0 Å². The Morgan fingerprint density at radius 3 is 2.86 bits per heavy atom. The van der Waals surface area contributed by atoms with Crippen LogP contribution < -0.4 is 4.90 Å². The zero-order valence-corrected chi connectivity index (χ0v) is 16.8. The molecule has 1 unspecified atom stereocenters. The molecule has 2 saturated heterocycles. The van der Waals surface area contributed by atoms with Gasteiger partial charge in [-0.15, -0.1) is 0 Å². The third kappa shape index (κ3) is 4.17. The van der Waals surface area contributed by atoms with Crippen LogP contribution in [0.25, 0.3) is 0 Å². The van der Waals surface area contributed by atoms with E-state index in [4.69, 9.17) is 16.3 Å². The smallest absolute Gasteiger partial charge is 0.131 e. The summed E-state index contributed by atoms with van der Waals surface area (Å²) < 4.78 is 7.37. The first-order chi connectivity index (χ1) is 13.6. The molecule has 0 saturated carbocycles. The molecule has 148 valence electrons. The Labute approximate surface area is 170 Å². The van der Waals surface area contributed by atoms with E-state index < -0.39 is 0 Å². The van der Waals surface area contributed by atoms with Crippen molar-refractivity contribution in [2.45, 2.75) is 32.2 Å². The van der Waals surface area contributed by atoms with Gasteiger partial charge in [0.25, 0.3) is 0 Å². The summed E-state index contributed by atoms with van der Waals surface area (Å²) in [6.45, 7) is 5.59. The van der Waals surface area contributed by atoms with E-state index in [1.807, 2.05) is 16.9 Å². The molecule has 2 aliphatic heterocycles. The SMILES string of the molecule is CC1(CO)CCN(c2cc(Cl)ncc2C#Cc2cnn(C3CCOC3)c2)CC1. The molecule has 6 nitrogen and oxygen atoms in total. The number of nitrogens with zero attached hydrogens (tertiary/aromatic N) is 4. The number of rotatable bonds is 3. The number of aromatic nitrogens is 3. The monoisotopic (exact) mass is 400 g/mol. The lowest BCUT2D eigenvalue weighted by Crippen LogP contribution is -2.40. The highest BCUT2D eigenvalue weighted by Crippen LogP contribution is 2.34. The van der Waals surface area contributed by atoms with Gasteiger partial charge >= 0.3 is 0 Å². The average molecular weight is 401 g/mol. The zero-order chi connectivity index (χ0) is 19.6. The Morgan fingerprint density at radius 2 is 2.14 bits per heavy atom. The van der Waals surface area contributed by atoms with Crippen molar-refractivity contribution < 1.29 is 9.84 Å². The van der Waals surface area contributed by atoms with Crippen molar-refractivity contribution in [3.05, 3.63) is 40.9 Å². The number of aliphatic hydroxyl groups excluding tert-OH is 1. The van der Waals surface area contributed by atoms with Crippen molar-refractivity contribution >= 4 is 17.3 Å². The number of ether oxygens (including phenoxy) is 1. The normalized spacial score (nSPS) is 21.4. The van der Waals surface area contributed by atoms with E-state index in [0.29, 0.717) is 17.8 Å². The Morgan fingerprint density at radius 1 is 1.32 bits per heavy atom. The molecule has 0 aromatic carbocycles. The molecule has 0 bridgehead atoms. The molecule has 0 radical (unpaired) electrons. The number of piperidine rings is 1. The number of hydrogen-bond acceptors (Lipinski definition) is 5. The summed E-state index contributed by atoms with van der Waals surface area (Å²) in [5.74, 6) is 6.45. The van der Waals surface area contributed by atoms with Gasteiger partial charge in [-0.2, -0.15) is 5.10 Å². The van der Waals surface area contributed by atoms with Crippen LogP contribution in [-0.2, 0) is 4.74 Å². The van der Waals surface area contributed by atoms with Crippen molar-refractivity contribution in [2.75, 3.05) is 37.8 Å². The quantitative estimate of drug-likeness (QED) is 0.634. The van der Waals surface area contributed by atoms with Crippen LogP contribution >= 0.6 is 11.6 Å². The highest BCUT2D eigenvalue weighted by Gasteiger charge is 2.30. The minimum absolute atomic E-state index is 0.00228. The maximum atomic E-state index is 9.61. The summed E-state index contributed by atoms with van der Waals surface area (Å²) in [5, 5.41) is 14.5. The van der Waals surface area contributed by atoms with Crippen molar-refractivity contribution in [3.8, 4) is 11.8 Å². The lowest BCUT2D eigenvalue weighted by molar-refractivity contribution is 0.115. The van der Waals surface area contributed by atoms with Gasteiger partial charge in [-0.05, 0) is 24.7 Å². The van der Waals surface area contributed by atoms with Crippen LogP contribution in [-0.4, -0.2) is 52.8 Å². The van der Waals surface area contributed by atoms with E-state index in [0.717, 1.165) is 55.8 Å². The molecule has 0 aliphatic carbocycles. The predicted molar refractivity (Wildman–Crippen MR) is 109 cm³/mol. The van der Waals surface area contributed by atoms with Gasteiger partial charge in [0.15, 0.2) is 0 Å². The molecule has 1 atom stereocenters. The van der Waals surface area contributed by atoms with Gasteiger partial charge in [-0.25, -0.2) is 4.98 Å². The summed E-state index contributed by atoms with van der Waals surface area (Å²) in [6.07, 6.45) is 8.37. The molecule has 4 heterocycles. The molecule has 7 heteroatoms. The molecule has 2 fully saturated rings. The second kappa shape index (κ2) is 8.12. The molecule has 4 rings (SSSR count). The molecule has 2 aliphatic rings. The van der Waals surface area contributed by atoms with Crippen molar-refractivity contribution in [1.82, 2.24) is 14.8 Å². The zero-order valence-electron chi connectivity index (χ0n) is 16.1. The minimum Gasteiger partial charge on any atom is -0.396 e. The summed E-state index contributed by atoms with van der Waals surface area (Å²) in [4.78, 5) is 6.50. The lowest BCUT2D eigenvalue weighted by atomic mass is 9.81. The molecule has 2 aromatic rings. The van der Waals surface area contributed by atoms with E-state index in [9.17, 15) is 5.11 Å². The van der Waals surface area contributed by atoms with Crippen LogP contribution in [0, 0.1) is 17.3 Å². The summed E-state index contributed by atoms with van der Waals surface area (Å²) in [6, 6.07) is 2.18. The molecular weight excluding hydrogens is 376 g/mol. The molecular formula is C21H25ClN4O2. The van der Waals surface area contributed by atoms with Gasteiger partial charge in [0.1, 0.15) is 5.15 Å². The Kier molecular flexibility index (Phi) is 5.58. The maximum absolute atomic E-state index is 9.61. The minimum atomic E-state index is -0.00228. The van der Waals surface area contributed by atoms with Gasteiger partial charge in [0.2, 0.25) is 0 Å². The molecule has 1 N–H and O–H groups in total. The predicted octanol–water partition coefficient (Wildman–Crippen LogP) is 2.89. The topological polar surface area (TPSA) is 63.4 Å². The standard InChI is InChI=1S/C21H25ClN4O2/c1-21(15-27)5-7-25(8-6-21)19-10-20(22)23-12-17(19)3-2-16-11-24-26(13-16)18-4-9-28-14-18/h10-13,18,27H,4-9,14-15H2,1H3. The molecule has 0 spiro atoms. The Balaban J connectivity index is 1.54. The third-order valence-electron chi connectivity index (χ3n) is 5.76. The lowest BCUT2D eigenvalue weighted by Gasteiger charge is -2.39. The van der Waals surface area contributed by atoms with Crippen LogP contribution in [0.5, 0.6) is 0 Å². The fourth-order valence-electron chi connectivity index (χ4n) is 3.70. The van der Waals surface area contributed by atoms with Gasteiger partial charge in [0, 0.05) is 44.8 Å². The molecule has 2 aromatic heterocycles. The average Bonchev–Trinajstić information content (AvgIpc) is 3.39. The number of hydrogen-bond donors (Lipinski definition) is 1. The van der Waals surface area contributed by atoms with Gasteiger partial charge < -0.3 is 14.7 Å². The first-order valence-electron chi connectivity index (χ1n) is 9.72. The number of halogens is 1. The number of pyridine rings is 1. The second-order valence-electron chi connectivity index (χ2n) is 7.96. The van der Waals surface area contributed by atoms with Gasteiger partial charge in [-0.1, -0.05) is 30.4 Å². The van der Waals surface area contributed by atoms with Gasteiger partial charge in [0.05, 0.1) is 35.7 Å². The van der Waals surface area contributed by atoms with E-state index in [-0.39, 0.29) is 12.0 Å².